The predicted molar refractivity (Wildman–Crippen MR) is 66.0 cm³/mol. The molecule has 0 atom stereocenters. The van der Waals surface area contributed by atoms with Gasteiger partial charge >= 0.3 is 130 Å². The zero-order valence-electron chi connectivity index (χ0n) is 10.2. The number of hydrogen-bond donors (Lipinski definition) is 2. The number of nitrogens with one attached hydrogen (secondary N) is 1. The van der Waals surface area contributed by atoms with E-state index in [4.69, 9.17) is 10.4 Å². The Morgan fingerprint density at radius 3 is 2.67 bits per heavy atom. The van der Waals surface area contributed by atoms with E-state index in [-0.39, 0.29) is 16.1 Å². The summed E-state index contributed by atoms with van der Waals surface area (Å²) >= 11 is -1.48. The maximum atomic E-state index is 11.7. The molecule has 0 aliphatic rings. The molecule has 2 rings (SSSR count). The molecule has 0 unspecified atom stereocenters. The minimum atomic E-state index is -4.08. The van der Waals surface area contributed by atoms with Crippen LogP contribution in [-0.2, 0) is 10.0 Å². The molecular weight excluding hydrogens is 413 g/mol. The zero-order valence-corrected chi connectivity index (χ0v) is 13.2. The fraction of sp³-hybridized carbons (Fsp3) is 0. The van der Waals surface area contributed by atoms with Crippen LogP contribution in [0.2, 0.25) is 0 Å². The Morgan fingerprint density at radius 2 is 2.14 bits per heavy atom. The Hall–Kier alpha value is -1.56. The van der Waals surface area contributed by atoms with Crippen LogP contribution in [0.25, 0.3) is 5.69 Å². The molecule has 0 saturated carbocycles. The standard InChI is InChI=1S/C10H8IN5O4S/c12-4-7-5-14-15(6-7)9-2-1-8(11-16(17)18)3-10(9)21(13,19)20/h1-3,5-6,16H,(H2,13,19,20)/q-2. The van der Waals surface area contributed by atoms with Crippen LogP contribution in [0.15, 0.2) is 35.5 Å². The molecule has 21 heavy (non-hydrogen) atoms. The fourth-order valence-electron chi connectivity index (χ4n) is 1.57. The average Bonchev–Trinajstić information content (AvgIpc) is 2.85. The van der Waals surface area contributed by atoms with Crippen LogP contribution in [0, 0.1) is 25.3 Å². The molecule has 1 aromatic carbocycles. The molecule has 0 spiro atoms. The topological polar surface area (TPSA) is 152 Å². The maximum absolute atomic E-state index is 11.7. The minimum absolute atomic E-state index is 0.144. The van der Waals surface area contributed by atoms with Crippen LogP contribution < -0.4 is 30.1 Å². The van der Waals surface area contributed by atoms with Gasteiger partial charge in [-0.3, -0.25) is 0 Å². The predicted octanol–water partition coefficient (Wildman–Crippen LogP) is -4.55. The van der Waals surface area contributed by atoms with Crippen LogP contribution in [0.4, 0.5) is 0 Å². The quantitative estimate of drug-likeness (QED) is 0.288. The van der Waals surface area contributed by atoms with Gasteiger partial charge in [0.15, 0.2) is 0 Å². The molecule has 3 N–H and O–H groups in total. The first-order valence-corrected chi connectivity index (χ1v) is 8.99. The van der Waals surface area contributed by atoms with Crippen LogP contribution in [0.1, 0.15) is 5.56 Å². The normalized spacial score (nSPS) is 11.8. The first-order valence-electron chi connectivity index (χ1n) is 5.29. The van der Waals surface area contributed by atoms with Gasteiger partial charge in [0.25, 0.3) is 0 Å². The van der Waals surface area contributed by atoms with Crippen molar-refractivity contribution in [3.63, 3.8) is 0 Å². The van der Waals surface area contributed by atoms with E-state index >= 15 is 0 Å². The van der Waals surface area contributed by atoms with Gasteiger partial charge in [0, 0.05) is 0 Å². The number of aromatic nitrogens is 2. The Morgan fingerprint density at radius 1 is 1.43 bits per heavy atom. The van der Waals surface area contributed by atoms with Gasteiger partial charge in [-0.05, 0) is 0 Å². The number of quaternary nitrogens is 1. The van der Waals surface area contributed by atoms with E-state index in [1.165, 1.54) is 35.3 Å². The fourth-order valence-corrected chi connectivity index (χ4v) is 3.86. The zero-order chi connectivity index (χ0) is 15.6. The summed E-state index contributed by atoms with van der Waals surface area (Å²) in [4.78, 5) is -0.256. The van der Waals surface area contributed by atoms with Gasteiger partial charge in [0.1, 0.15) is 0 Å². The first kappa shape index (κ1) is 15.8. The van der Waals surface area contributed by atoms with Gasteiger partial charge in [-0.15, -0.1) is 0 Å². The number of sulfonamides is 1. The molecule has 0 saturated heterocycles. The molecule has 1 aromatic heterocycles. The Balaban J connectivity index is 2.58. The monoisotopic (exact) mass is 421 g/mol. The molecule has 9 nitrogen and oxygen atoms in total. The summed E-state index contributed by atoms with van der Waals surface area (Å²) in [6.07, 6.45) is 2.62. The van der Waals surface area contributed by atoms with Gasteiger partial charge in [-0.25, -0.2) is 0 Å². The van der Waals surface area contributed by atoms with Gasteiger partial charge in [-0.1, -0.05) is 0 Å². The molecule has 0 amide bonds. The number of nitrogens with zero attached hydrogens (tertiary/aromatic N) is 3. The number of halogens is 1. The van der Waals surface area contributed by atoms with Gasteiger partial charge in [0.05, 0.1) is 0 Å². The van der Waals surface area contributed by atoms with Crippen molar-refractivity contribution in [1.29, 1.82) is 5.26 Å². The number of rotatable bonds is 4. The summed E-state index contributed by atoms with van der Waals surface area (Å²) < 4.78 is 23.6. The molecule has 0 bridgehead atoms. The van der Waals surface area contributed by atoms with Crippen molar-refractivity contribution in [1.82, 2.24) is 9.78 Å². The third-order valence-electron chi connectivity index (χ3n) is 2.37. The van der Waals surface area contributed by atoms with Crippen molar-refractivity contribution < 1.29 is 33.3 Å². The third kappa shape index (κ3) is 3.75. The van der Waals surface area contributed by atoms with Gasteiger partial charge in [-0.2, -0.15) is 0 Å². The van der Waals surface area contributed by atoms with Crippen molar-refractivity contribution >= 4 is 10.0 Å². The average molecular weight is 421 g/mol. The van der Waals surface area contributed by atoms with Crippen LogP contribution in [-0.4, -0.2) is 18.2 Å². The molecule has 11 heteroatoms. The van der Waals surface area contributed by atoms with E-state index in [2.05, 4.69) is 5.10 Å². The molecule has 112 valence electrons. The van der Waals surface area contributed by atoms with Crippen molar-refractivity contribution in [3.05, 3.63) is 50.1 Å². The van der Waals surface area contributed by atoms with Crippen LogP contribution >= 0.6 is 0 Å². The number of nitriles is 1. The van der Waals surface area contributed by atoms with Crippen molar-refractivity contribution in [2.75, 3.05) is 0 Å². The molecule has 0 aliphatic carbocycles. The molecule has 2 aromatic rings. The Kier molecular flexibility index (Phi) is 4.56. The number of benzene rings is 1. The Labute approximate surface area is 130 Å². The summed E-state index contributed by atoms with van der Waals surface area (Å²) in [5.41, 5.74) is 0.395. The van der Waals surface area contributed by atoms with Gasteiger partial charge < -0.3 is 0 Å². The van der Waals surface area contributed by atoms with E-state index in [0.717, 1.165) is 0 Å². The van der Waals surface area contributed by atoms with E-state index in [9.17, 15) is 18.8 Å². The van der Waals surface area contributed by atoms with E-state index < -0.39 is 34.9 Å². The van der Waals surface area contributed by atoms with E-state index in [0.29, 0.717) is 3.57 Å². The SMILES string of the molecule is N#Cc1cnn(-c2ccc([I-][NH+]([O-])[O-])cc2S(N)(=O)=O)c1. The summed E-state index contributed by atoms with van der Waals surface area (Å²) in [5.74, 6) is 0. The second kappa shape index (κ2) is 6.05. The molecule has 1 heterocycles. The summed E-state index contributed by atoms with van der Waals surface area (Å²) in [6.45, 7) is 0. The van der Waals surface area contributed by atoms with E-state index in [1.54, 1.807) is 0 Å². The van der Waals surface area contributed by atoms with Crippen molar-refractivity contribution in [2.45, 2.75) is 4.90 Å². The second-order valence-corrected chi connectivity index (χ2v) is 7.97. The summed E-state index contributed by atoms with van der Waals surface area (Å²) in [6, 6.07) is 5.93. The summed E-state index contributed by atoms with van der Waals surface area (Å²) in [7, 11) is -4.08. The molecule has 0 fully saturated rings. The number of hydrogen-bond acceptors (Lipinski definition) is 6. The summed E-state index contributed by atoms with van der Waals surface area (Å²) in [5, 5.41) is 39.0. The van der Waals surface area contributed by atoms with Gasteiger partial charge in [0.2, 0.25) is 0 Å². The Bertz CT molecular complexity index is 811. The molecule has 0 aliphatic heterocycles. The molecule has 0 radical (unpaired) electrons. The third-order valence-corrected chi connectivity index (χ3v) is 5.05. The second-order valence-electron chi connectivity index (χ2n) is 3.77. The van der Waals surface area contributed by atoms with Crippen molar-refractivity contribution in [2.24, 2.45) is 5.14 Å². The number of nitrogens with two attached hydrogens (primary N) is 1. The van der Waals surface area contributed by atoms with E-state index in [1.807, 2.05) is 6.07 Å². The van der Waals surface area contributed by atoms with Crippen molar-refractivity contribution in [3.8, 4) is 11.8 Å². The number of primary sulfonamides is 1. The first-order chi connectivity index (χ1) is 9.81. The van der Waals surface area contributed by atoms with Crippen LogP contribution in [0.3, 0.4) is 0 Å². The molecular formula is C10H8IN5O4S-2. The van der Waals surface area contributed by atoms with Crippen LogP contribution in [0.5, 0.6) is 0 Å².